The predicted molar refractivity (Wildman–Crippen MR) is 104 cm³/mol. The number of aryl methyl sites for hydroxylation is 2. The molecular formula is C20H20N2O3S. The number of thiophene rings is 1. The fraction of sp³-hybridized carbons (Fsp3) is 0.300. The Morgan fingerprint density at radius 2 is 2.19 bits per heavy atom. The number of benzene rings is 1. The molecule has 1 atom stereocenters. The quantitative estimate of drug-likeness (QED) is 0.640. The van der Waals surface area contributed by atoms with Crippen LogP contribution in [0.25, 0.3) is 10.2 Å². The molecule has 1 aliphatic carbocycles. The van der Waals surface area contributed by atoms with Crippen molar-refractivity contribution in [3.05, 3.63) is 56.2 Å². The maximum atomic E-state index is 12.7. The molecule has 0 radical (unpaired) electrons. The molecule has 1 aliphatic rings. The minimum absolute atomic E-state index is 0.207. The average Bonchev–Trinajstić information content (AvgIpc) is 2.91. The molecule has 1 aromatic carbocycles. The SMILES string of the molecule is Cc1cccc(NC(=O)c2c(O)c3c4c(sc3[nH]c2=O)C[C@@H](C)CC4)c1. The number of amides is 1. The number of aromatic amines is 1. The van der Waals surface area contributed by atoms with Crippen LogP contribution in [0.15, 0.2) is 29.1 Å². The van der Waals surface area contributed by atoms with Crippen LogP contribution in [0.4, 0.5) is 5.69 Å². The lowest BCUT2D eigenvalue weighted by Gasteiger charge is -2.18. The van der Waals surface area contributed by atoms with Gasteiger partial charge in [0.05, 0.1) is 5.39 Å². The van der Waals surface area contributed by atoms with Crippen molar-refractivity contribution in [1.82, 2.24) is 4.98 Å². The highest BCUT2D eigenvalue weighted by Crippen LogP contribution is 2.41. The van der Waals surface area contributed by atoms with Crippen molar-refractivity contribution in [3.63, 3.8) is 0 Å². The van der Waals surface area contributed by atoms with Gasteiger partial charge in [-0.2, -0.15) is 0 Å². The summed E-state index contributed by atoms with van der Waals surface area (Å²) in [4.78, 5) is 29.8. The molecule has 0 unspecified atom stereocenters. The van der Waals surface area contributed by atoms with Crippen LogP contribution < -0.4 is 10.9 Å². The maximum absolute atomic E-state index is 12.7. The summed E-state index contributed by atoms with van der Waals surface area (Å²) in [6, 6.07) is 7.32. The fourth-order valence-electron chi connectivity index (χ4n) is 3.61. The smallest absolute Gasteiger partial charge is 0.265 e. The number of carbonyl (C=O) groups excluding carboxylic acids is 1. The number of anilines is 1. The van der Waals surface area contributed by atoms with Crippen molar-refractivity contribution in [1.29, 1.82) is 0 Å². The summed E-state index contributed by atoms with van der Waals surface area (Å²) in [6.45, 7) is 4.13. The van der Waals surface area contributed by atoms with E-state index in [0.29, 0.717) is 21.8 Å². The fourth-order valence-corrected chi connectivity index (χ4v) is 5.02. The zero-order chi connectivity index (χ0) is 18.4. The minimum Gasteiger partial charge on any atom is -0.506 e. The van der Waals surface area contributed by atoms with Crippen LogP contribution in [0.5, 0.6) is 5.75 Å². The van der Waals surface area contributed by atoms with Gasteiger partial charge in [-0.3, -0.25) is 9.59 Å². The molecule has 0 aliphatic heterocycles. The number of carbonyl (C=O) groups is 1. The van der Waals surface area contributed by atoms with E-state index in [0.717, 1.165) is 30.4 Å². The minimum atomic E-state index is -0.597. The molecular weight excluding hydrogens is 348 g/mol. The summed E-state index contributed by atoms with van der Waals surface area (Å²) in [5.74, 6) is -0.213. The van der Waals surface area contributed by atoms with Crippen LogP contribution in [0, 0.1) is 12.8 Å². The van der Waals surface area contributed by atoms with E-state index in [1.165, 1.54) is 16.2 Å². The normalized spacial score (nSPS) is 16.5. The van der Waals surface area contributed by atoms with Crippen molar-refractivity contribution in [2.75, 3.05) is 5.32 Å². The number of aromatic nitrogens is 1. The molecule has 134 valence electrons. The zero-order valence-corrected chi connectivity index (χ0v) is 15.5. The van der Waals surface area contributed by atoms with Crippen molar-refractivity contribution in [2.45, 2.75) is 33.1 Å². The number of fused-ring (bicyclic) bond motifs is 3. The predicted octanol–water partition coefficient (Wildman–Crippen LogP) is 3.98. The van der Waals surface area contributed by atoms with Gasteiger partial charge in [0.2, 0.25) is 0 Å². The first-order chi connectivity index (χ1) is 12.4. The molecule has 0 saturated carbocycles. The number of hydrogen-bond donors (Lipinski definition) is 3. The first-order valence-corrected chi connectivity index (χ1v) is 9.53. The number of rotatable bonds is 2. The number of nitrogens with one attached hydrogen (secondary N) is 2. The highest BCUT2D eigenvalue weighted by molar-refractivity contribution is 7.18. The second-order valence-corrected chi connectivity index (χ2v) is 8.16. The monoisotopic (exact) mass is 368 g/mol. The van der Waals surface area contributed by atoms with E-state index in [9.17, 15) is 14.7 Å². The Labute approximate surface area is 154 Å². The standard InChI is InChI=1S/C20H20N2O3S/c1-10-4-3-5-12(8-10)21-18(24)16-17(23)15-13-7-6-11(2)9-14(13)26-20(15)22-19(16)25/h3-5,8,11H,6-7,9H2,1-2H3,(H,21,24)(H2,22,23,25)/t11-/m0/s1. The molecule has 3 N–H and O–H groups in total. The third-order valence-corrected chi connectivity index (χ3v) is 6.11. The molecule has 0 spiro atoms. The highest BCUT2D eigenvalue weighted by atomic mass is 32.1. The molecule has 4 rings (SSSR count). The van der Waals surface area contributed by atoms with E-state index in [-0.39, 0.29) is 11.3 Å². The van der Waals surface area contributed by atoms with E-state index < -0.39 is 11.5 Å². The Morgan fingerprint density at radius 1 is 1.38 bits per heavy atom. The third kappa shape index (κ3) is 2.80. The van der Waals surface area contributed by atoms with Crippen LogP contribution in [0.3, 0.4) is 0 Å². The highest BCUT2D eigenvalue weighted by Gasteiger charge is 2.27. The number of pyridine rings is 1. The lowest BCUT2D eigenvalue weighted by molar-refractivity contribution is 0.102. The topological polar surface area (TPSA) is 82.2 Å². The summed E-state index contributed by atoms with van der Waals surface area (Å²) in [5, 5.41) is 14.1. The Bertz CT molecular complexity index is 1080. The van der Waals surface area contributed by atoms with Crippen LogP contribution in [0.2, 0.25) is 0 Å². The van der Waals surface area contributed by atoms with Gasteiger partial charge in [-0.25, -0.2) is 0 Å². The molecule has 3 aromatic rings. The van der Waals surface area contributed by atoms with E-state index in [2.05, 4.69) is 17.2 Å². The molecule has 1 amide bonds. The van der Waals surface area contributed by atoms with Gasteiger partial charge in [-0.05, 0) is 55.4 Å². The first-order valence-electron chi connectivity index (χ1n) is 8.71. The van der Waals surface area contributed by atoms with Gasteiger partial charge in [0, 0.05) is 10.6 Å². The van der Waals surface area contributed by atoms with Crippen LogP contribution in [-0.2, 0) is 12.8 Å². The van der Waals surface area contributed by atoms with Gasteiger partial charge in [-0.15, -0.1) is 11.3 Å². The van der Waals surface area contributed by atoms with Crippen molar-refractivity contribution in [2.24, 2.45) is 5.92 Å². The summed E-state index contributed by atoms with van der Waals surface area (Å²) < 4.78 is 0. The molecule has 6 heteroatoms. The molecule has 0 fully saturated rings. The molecule has 2 aromatic heterocycles. The average molecular weight is 368 g/mol. The number of H-pyrrole nitrogens is 1. The lowest BCUT2D eigenvalue weighted by Crippen LogP contribution is -2.23. The molecule has 0 bridgehead atoms. The zero-order valence-electron chi connectivity index (χ0n) is 14.7. The van der Waals surface area contributed by atoms with Gasteiger partial charge in [-0.1, -0.05) is 19.1 Å². The first kappa shape index (κ1) is 16.8. The Balaban J connectivity index is 1.80. The molecule has 2 heterocycles. The van der Waals surface area contributed by atoms with Gasteiger partial charge in [0.25, 0.3) is 11.5 Å². The van der Waals surface area contributed by atoms with Gasteiger partial charge >= 0.3 is 0 Å². The summed E-state index contributed by atoms with van der Waals surface area (Å²) in [6.07, 6.45) is 2.85. The van der Waals surface area contributed by atoms with E-state index in [4.69, 9.17) is 0 Å². The Morgan fingerprint density at radius 3 is 2.96 bits per heavy atom. The number of aromatic hydroxyl groups is 1. The second-order valence-electron chi connectivity index (χ2n) is 7.06. The van der Waals surface area contributed by atoms with Crippen LogP contribution in [-0.4, -0.2) is 16.0 Å². The second kappa shape index (κ2) is 6.29. The largest absolute Gasteiger partial charge is 0.506 e. The van der Waals surface area contributed by atoms with Crippen molar-refractivity contribution < 1.29 is 9.90 Å². The van der Waals surface area contributed by atoms with Gasteiger partial charge < -0.3 is 15.4 Å². The Hall–Kier alpha value is -2.60. The summed E-state index contributed by atoms with van der Waals surface area (Å²) in [7, 11) is 0. The van der Waals surface area contributed by atoms with Gasteiger partial charge in [0.15, 0.2) is 0 Å². The molecule has 0 saturated heterocycles. The van der Waals surface area contributed by atoms with E-state index >= 15 is 0 Å². The summed E-state index contributed by atoms with van der Waals surface area (Å²) >= 11 is 1.51. The molecule has 26 heavy (non-hydrogen) atoms. The third-order valence-electron chi connectivity index (χ3n) is 4.94. The lowest BCUT2D eigenvalue weighted by atomic mass is 9.89. The number of hydrogen-bond acceptors (Lipinski definition) is 4. The van der Waals surface area contributed by atoms with E-state index in [1.807, 2.05) is 25.1 Å². The maximum Gasteiger partial charge on any atom is 0.265 e. The molecule has 5 nitrogen and oxygen atoms in total. The van der Waals surface area contributed by atoms with Crippen molar-refractivity contribution >= 4 is 33.1 Å². The van der Waals surface area contributed by atoms with E-state index in [1.54, 1.807) is 6.07 Å². The summed E-state index contributed by atoms with van der Waals surface area (Å²) in [5.41, 5.74) is 1.87. The van der Waals surface area contributed by atoms with Crippen LogP contribution in [0.1, 0.15) is 39.7 Å². The van der Waals surface area contributed by atoms with Crippen LogP contribution >= 0.6 is 11.3 Å². The Kier molecular flexibility index (Phi) is 4.07. The van der Waals surface area contributed by atoms with Gasteiger partial charge in [0.1, 0.15) is 16.1 Å². The van der Waals surface area contributed by atoms with Crippen molar-refractivity contribution in [3.8, 4) is 5.75 Å².